The topological polar surface area (TPSA) is 114 Å². The van der Waals surface area contributed by atoms with Crippen molar-refractivity contribution in [3.05, 3.63) is 85.1 Å². The van der Waals surface area contributed by atoms with Crippen molar-refractivity contribution in [3.63, 3.8) is 0 Å². The van der Waals surface area contributed by atoms with Crippen molar-refractivity contribution >= 4 is 19.7 Å². The predicted octanol–water partition coefficient (Wildman–Crippen LogP) is 15.6. The van der Waals surface area contributed by atoms with E-state index in [1.54, 1.807) is 6.08 Å². The maximum absolute atomic E-state index is 13.4. The van der Waals surface area contributed by atoms with Crippen molar-refractivity contribution < 1.29 is 37.3 Å². The van der Waals surface area contributed by atoms with E-state index in [9.17, 15) is 19.0 Å². The molecule has 0 aromatic heterocycles. The number of hydrogen-bond donors (Lipinski definition) is 1. The zero-order valence-corrected chi connectivity index (χ0v) is 45.4. The van der Waals surface area contributed by atoms with Crippen molar-refractivity contribution in [2.24, 2.45) is 0 Å². The summed E-state index contributed by atoms with van der Waals surface area (Å²) in [5.41, 5.74) is 0. The van der Waals surface area contributed by atoms with Gasteiger partial charge in [0.15, 0.2) is 0 Å². The number of amides is 1. The molecule has 0 rings (SSSR count). The van der Waals surface area contributed by atoms with Gasteiger partial charge < -0.3 is 28.5 Å². The van der Waals surface area contributed by atoms with E-state index in [1.165, 1.54) is 96.3 Å². The molecule has 0 heterocycles. The Morgan fingerprint density at radius 3 is 1.46 bits per heavy atom. The molecule has 3 atom stereocenters. The number of nitrogens with one attached hydrogen (secondary N) is 1. The van der Waals surface area contributed by atoms with E-state index in [0.717, 1.165) is 77.0 Å². The molecular formula is C58H103N2O7P. The molecule has 0 saturated carbocycles. The van der Waals surface area contributed by atoms with Gasteiger partial charge in [0.2, 0.25) is 5.91 Å². The molecule has 0 aromatic rings. The molecule has 0 spiro atoms. The minimum absolute atomic E-state index is 0.0395. The number of allylic oxidation sites excluding steroid dienone is 13. The average molecular weight is 971 g/mol. The smallest absolute Gasteiger partial charge is 0.306 e. The molecule has 0 aliphatic carbocycles. The molecule has 68 heavy (non-hydrogen) atoms. The summed E-state index contributed by atoms with van der Waals surface area (Å²) in [6.07, 6.45) is 61.4. The molecule has 0 aliphatic heterocycles. The Kier molecular flexibility index (Phi) is 45.9. The number of carbonyl (C=O) groups is 2. The summed E-state index contributed by atoms with van der Waals surface area (Å²) in [7, 11) is 1.13. The lowest BCUT2D eigenvalue weighted by atomic mass is 10.1. The highest BCUT2D eigenvalue weighted by Crippen LogP contribution is 2.38. The molecule has 0 aromatic carbocycles. The molecule has 1 N–H and O–H groups in total. The molecule has 1 amide bonds. The largest absolute Gasteiger partial charge is 0.756 e. The molecule has 0 aliphatic rings. The average Bonchev–Trinajstić information content (AvgIpc) is 3.29. The Bertz CT molecular complexity index is 1440. The van der Waals surface area contributed by atoms with Gasteiger partial charge in [0, 0.05) is 12.8 Å². The number of esters is 1. The van der Waals surface area contributed by atoms with Gasteiger partial charge in [0.05, 0.1) is 33.8 Å². The van der Waals surface area contributed by atoms with Crippen LogP contribution in [0.1, 0.15) is 220 Å². The fourth-order valence-electron chi connectivity index (χ4n) is 7.33. The standard InChI is InChI=1S/C58H103N2O7P/c1-7-10-13-16-19-22-25-27-29-31-32-35-38-41-44-47-50-57(61)59-55(54-66-68(63,64)65-53-52-60(4,5)6)56(49-46-43-40-37-34-24-21-18-15-12-9-3)67-58(62)51-48-45-42-39-36-33-30-28-26-23-20-17-14-11-8-2/h10,13,19,22-23,26-27,29,32,35,41,44,46,49,55-56H,7-9,11-12,14-18,20-21,24-25,28,30-31,33-34,36-40,42-43,45,47-48,50-54H2,1-6H3,(H-,59,61,63,64)/b13-10+,22-19+,26-23-,29-27+,35-32+,44-41+,49-46+. The number of hydrogen-bond acceptors (Lipinski definition) is 7. The molecule has 0 bridgehead atoms. The zero-order valence-electron chi connectivity index (χ0n) is 44.5. The van der Waals surface area contributed by atoms with Crippen LogP contribution in [0.3, 0.4) is 0 Å². The van der Waals surface area contributed by atoms with Crippen LogP contribution < -0.4 is 10.2 Å². The lowest BCUT2D eigenvalue weighted by Crippen LogP contribution is -2.47. The van der Waals surface area contributed by atoms with Crippen molar-refractivity contribution in [2.45, 2.75) is 232 Å². The van der Waals surface area contributed by atoms with Gasteiger partial charge in [-0.3, -0.25) is 14.2 Å². The van der Waals surface area contributed by atoms with Gasteiger partial charge in [0.25, 0.3) is 7.82 Å². The van der Waals surface area contributed by atoms with Gasteiger partial charge in [-0.2, -0.15) is 0 Å². The van der Waals surface area contributed by atoms with E-state index in [4.69, 9.17) is 13.8 Å². The van der Waals surface area contributed by atoms with Crippen LogP contribution in [0.4, 0.5) is 0 Å². The highest BCUT2D eigenvalue weighted by molar-refractivity contribution is 7.45. The van der Waals surface area contributed by atoms with E-state index < -0.39 is 26.6 Å². The van der Waals surface area contributed by atoms with Crippen LogP contribution in [0.15, 0.2) is 85.1 Å². The van der Waals surface area contributed by atoms with Crippen LogP contribution in [0.25, 0.3) is 0 Å². The van der Waals surface area contributed by atoms with E-state index in [0.29, 0.717) is 23.9 Å². The van der Waals surface area contributed by atoms with Crippen LogP contribution in [-0.2, 0) is 27.9 Å². The van der Waals surface area contributed by atoms with Crippen molar-refractivity contribution in [1.29, 1.82) is 0 Å². The molecule has 0 fully saturated rings. The Hall–Kier alpha value is -2.81. The number of carbonyl (C=O) groups excluding carboxylic acids is 2. The lowest BCUT2D eigenvalue weighted by molar-refractivity contribution is -0.870. The summed E-state index contributed by atoms with van der Waals surface area (Å²) in [6, 6.07) is -0.931. The third-order valence-electron chi connectivity index (χ3n) is 11.6. The number of ether oxygens (including phenoxy) is 1. The Labute approximate surface area is 418 Å². The zero-order chi connectivity index (χ0) is 50.1. The minimum Gasteiger partial charge on any atom is -0.756 e. The molecule has 9 nitrogen and oxygen atoms in total. The number of phosphoric ester groups is 1. The van der Waals surface area contributed by atoms with Gasteiger partial charge in [-0.15, -0.1) is 0 Å². The van der Waals surface area contributed by atoms with Crippen LogP contribution in [-0.4, -0.2) is 69.4 Å². The quantitative estimate of drug-likeness (QED) is 0.0212. The molecular weight excluding hydrogens is 868 g/mol. The second-order valence-electron chi connectivity index (χ2n) is 19.3. The van der Waals surface area contributed by atoms with E-state index in [2.05, 4.69) is 86.8 Å². The van der Waals surface area contributed by atoms with Gasteiger partial charge >= 0.3 is 5.97 Å². The van der Waals surface area contributed by atoms with E-state index in [1.807, 2.05) is 39.4 Å². The SMILES string of the molecule is CC/C=C/C/C=C/C/C=C/C/C=C/C/C=C/CCC(=O)NC(COP(=O)([O-])OCC[N+](C)(C)C)C(/C=C/CCCCCCCCCCC)OC(=O)CCCCCCCCC/C=C\CCCCCC. The molecule has 0 saturated heterocycles. The van der Waals surface area contributed by atoms with Gasteiger partial charge in [-0.25, -0.2) is 0 Å². The fraction of sp³-hybridized carbons (Fsp3) is 0.724. The number of unbranched alkanes of at least 4 members (excludes halogenated alkanes) is 20. The number of likely N-dealkylation sites (N-methyl/N-ethyl adjacent to an activating group) is 1. The first kappa shape index (κ1) is 65.2. The summed E-state index contributed by atoms with van der Waals surface area (Å²) in [6.45, 7) is 6.63. The van der Waals surface area contributed by atoms with E-state index >= 15 is 0 Å². The van der Waals surface area contributed by atoms with Gasteiger partial charge in [0.1, 0.15) is 19.3 Å². The van der Waals surface area contributed by atoms with Gasteiger partial charge in [-0.05, 0) is 89.5 Å². The molecule has 0 radical (unpaired) electrons. The van der Waals surface area contributed by atoms with E-state index in [-0.39, 0.29) is 31.3 Å². The second-order valence-corrected chi connectivity index (χ2v) is 20.8. The Balaban J connectivity index is 5.49. The first-order valence-corrected chi connectivity index (χ1v) is 28.9. The first-order chi connectivity index (χ1) is 32.9. The maximum atomic E-state index is 13.4. The third-order valence-corrected chi connectivity index (χ3v) is 12.5. The van der Waals surface area contributed by atoms with Gasteiger partial charge in [-0.1, -0.05) is 202 Å². The summed E-state index contributed by atoms with van der Waals surface area (Å²) >= 11 is 0. The van der Waals surface area contributed by atoms with Crippen LogP contribution in [0.2, 0.25) is 0 Å². The number of quaternary nitrogens is 1. The van der Waals surface area contributed by atoms with Crippen molar-refractivity contribution in [3.8, 4) is 0 Å². The second kappa shape index (κ2) is 47.8. The minimum atomic E-state index is -4.71. The Morgan fingerprint density at radius 1 is 0.529 bits per heavy atom. The number of nitrogens with zero attached hydrogens (tertiary/aromatic N) is 1. The summed E-state index contributed by atoms with van der Waals surface area (Å²) in [5, 5.41) is 2.96. The first-order valence-electron chi connectivity index (χ1n) is 27.4. The summed E-state index contributed by atoms with van der Waals surface area (Å²) in [4.78, 5) is 39.7. The number of phosphoric acid groups is 1. The summed E-state index contributed by atoms with van der Waals surface area (Å²) < 4.78 is 30.1. The Morgan fingerprint density at radius 2 is 0.956 bits per heavy atom. The maximum Gasteiger partial charge on any atom is 0.306 e. The highest BCUT2D eigenvalue weighted by Gasteiger charge is 2.27. The van der Waals surface area contributed by atoms with Crippen LogP contribution >= 0.6 is 7.82 Å². The highest BCUT2D eigenvalue weighted by atomic mass is 31.2. The molecule has 10 heteroatoms. The summed E-state index contributed by atoms with van der Waals surface area (Å²) in [5.74, 6) is -0.649. The van der Waals surface area contributed by atoms with Crippen LogP contribution in [0.5, 0.6) is 0 Å². The normalized spacial score (nSPS) is 14.5. The molecule has 3 unspecified atom stereocenters. The third kappa shape index (κ3) is 48.2. The lowest BCUT2D eigenvalue weighted by Gasteiger charge is -2.30. The fourth-order valence-corrected chi connectivity index (χ4v) is 8.05. The number of rotatable bonds is 48. The predicted molar refractivity (Wildman–Crippen MR) is 288 cm³/mol. The van der Waals surface area contributed by atoms with Crippen molar-refractivity contribution in [1.82, 2.24) is 5.32 Å². The van der Waals surface area contributed by atoms with Crippen LogP contribution in [0, 0.1) is 0 Å². The molecule has 392 valence electrons. The van der Waals surface area contributed by atoms with Crippen molar-refractivity contribution in [2.75, 3.05) is 40.9 Å². The monoisotopic (exact) mass is 971 g/mol.